The summed E-state index contributed by atoms with van der Waals surface area (Å²) >= 11 is 0. The number of ketones is 1. The molecule has 72 valence electrons. The van der Waals surface area contributed by atoms with Crippen molar-refractivity contribution in [3.05, 3.63) is 30.0 Å². The Morgan fingerprint density at radius 1 is 1.43 bits per heavy atom. The first-order valence-corrected chi connectivity index (χ1v) is 4.70. The minimum Gasteiger partial charge on any atom is -0.356 e. The number of carbonyl (C=O) groups is 1. The van der Waals surface area contributed by atoms with Crippen molar-refractivity contribution in [1.82, 2.24) is 5.16 Å². The SMILES string of the molecule is CCCC(=O)c1noc2ccccc12. The lowest BCUT2D eigenvalue weighted by molar-refractivity contribution is 0.0974. The quantitative estimate of drug-likeness (QED) is 0.697. The van der Waals surface area contributed by atoms with E-state index in [1.165, 1.54) is 0 Å². The Morgan fingerprint density at radius 2 is 2.21 bits per heavy atom. The average Bonchev–Trinajstić information content (AvgIpc) is 2.61. The highest BCUT2D eigenvalue weighted by atomic mass is 16.5. The van der Waals surface area contributed by atoms with Crippen LogP contribution in [0.15, 0.2) is 28.8 Å². The van der Waals surface area contributed by atoms with Crippen molar-refractivity contribution in [2.24, 2.45) is 0 Å². The van der Waals surface area contributed by atoms with E-state index in [0.29, 0.717) is 17.7 Å². The first kappa shape index (κ1) is 8.94. The van der Waals surface area contributed by atoms with Crippen molar-refractivity contribution < 1.29 is 9.32 Å². The van der Waals surface area contributed by atoms with Crippen molar-refractivity contribution in [1.29, 1.82) is 0 Å². The molecule has 0 saturated carbocycles. The molecule has 0 aliphatic carbocycles. The average molecular weight is 189 g/mol. The third-order valence-electron chi connectivity index (χ3n) is 2.12. The molecule has 3 heteroatoms. The second-order valence-electron chi connectivity index (χ2n) is 3.20. The van der Waals surface area contributed by atoms with E-state index in [1.54, 1.807) is 0 Å². The van der Waals surface area contributed by atoms with Gasteiger partial charge in [-0.15, -0.1) is 0 Å². The number of carbonyl (C=O) groups excluding carboxylic acids is 1. The van der Waals surface area contributed by atoms with Crippen LogP contribution in [0, 0.1) is 0 Å². The summed E-state index contributed by atoms with van der Waals surface area (Å²) in [7, 11) is 0. The van der Waals surface area contributed by atoms with Crippen LogP contribution in [0.1, 0.15) is 30.3 Å². The summed E-state index contributed by atoms with van der Waals surface area (Å²) in [5.41, 5.74) is 1.13. The summed E-state index contributed by atoms with van der Waals surface area (Å²) in [6, 6.07) is 7.41. The standard InChI is InChI=1S/C11H11NO2/c1-2-5-9(13)11-8-6-3-4-7-10(8)14-12-11/h3-4,6-7H,2,5H2,1H3. The molecular formula is C11H11NO2. The fraction of sp³-hybridized carbons (Fsp3) is 0.273. The molecule has 0 spiro atoms. The first-order valence-electron chi connectivity index (χ1n) is 4.70. The number of Topliss-reactive ketones (excluding diaryl/α,β-unsaturated/α-hetero) is 1. The molecule has 0 aliphatic rings. The van der Waals surface area contributed by atoms with Crippen LogP contribution in [0.4, 0.5) is 0 Å². The van der Waals surface area contributed by atoms with Gasteiger partial charge >= 0.3 is 0 Å². The van der Waals surface area contributed by atoms with Gasteiger partial charge in [-0.1, -0.05) is 24.2 Å². The number of aromatic nitrogens is 1. The van der Waals surface area contributed by atoms with Crippen LogP contribution in [-0.2, 0) is 0 Å². The molecule has 0 saturated heterocycles. The number of para-hydroxylation sites is 1. The van der Waals surface area contributed by atoms with E-state index in [-0.39, 0.29) is 5.78 Å². The molecule has 0 N–H and O–H groups in total. The number of fused-ring (bicyclic) bond motifs is 1. The number of benzene rings is 1. The lowest BCUT2D eigenvalue weighted by Gasteiger charge is -1.92. The van der Waals surface area contributed by atoms with E-state index < -0.39 is 0 Å². The fourth-order valence-corrected chi connectivity index (χ4v) is 1.43. The molecule has 1 aromatic carbocycles. The molecule has 2 aromatic rings. The predicted octanol–water partition coefficient (Wildman–Crippen LogP) is 2.81. The molecule has 0 unspecified atom stereocenters. The van der Waals surface area contributed by atoms with Crippen LogP contribution >= 0.6 is 0 Å². The number of rotatable bonds is 3. The molecule has 0 radical (unpaired) electrons. The Morgan fingerprint density at radius 3 is 3.00 bits per heavy atom. The molecule has 0 amide bonds. The number of nitrogens with zero attached hydrogens (tertiary/aromatic N) is 1. The molecule has 1 heterocycles. The molecule has 14 heavy (non-hydrogen) atoms. The van der Waals surface area contributed by atoms with E-state index >= 15 is 0 Å². The largest absolute Gasteiger partial charge is 0.356 e. The van der Waals surface area contributed by atoms with Gasteiger partial charge in [-0.05, 0) is 18.6 Å². The van der Waals surface area contributed by atoms with E-state index in [2.05, 4.69) is 5.16 Å². The minimum absolute atomic E-state index is 0.0532. The summed E-state index contributed by atoms with van der Waals surface area (Å²) < 4.78 is 5.05. The molecule has 0 atom stereocenters. The first-order chi connectivity index (χ1) is 6.83. The van der Waals surface area contributed by atoms with Gasteiger partial charge in [0.15, 0.2) is 17.1 Å². The van der Waals surface area contributed by atoms with E-state index in [0.717, 1.165) is 11.8 Å². The maximum Gasteiger partial charge on any atom is 0.185 e. The fourth-order valence-electron chi connectivity index (χ4n) is 1.43. The second-order valence-corrected chi connectivity index (χ2v) is 3.20. The molecule has 1 aromatic heterocycles. The second kappa shape index (κ2) is 3.62. The predicted molar refractivity (Wildman–Crippen MR) is 53.2 cm³/mol. The van der Waals surface area contributed by atoms with Gasteiger partial charge in [0.25, 0.3) is 0 Å². The van der Waals surface area contributed by atoms with Gasteiger partial charge in [0, 0.05) is 6.42 Å². The van der Waals surface area contributed by atoms with Gasteiger partial charge in [0.2, 0.25) is 0 Å². The summed E-state index contributed by atoms with van der Waals surface area (Å²) in [5.74, 6) is 0.0532. The Balaban J connectivity index is 2.47. The van der Waals surface area contributed by atoms with Gasteiger partial charge < -0.3 is 4.52 Å². The maximum atomic E-state index is 11.6. The summed E-state index contributed by atoms with van der Waals surface area (Å²) in [6.07, 6.45) is 1.36. The van der Waals surface area contributed by atoms with Crippen molar-refractivity contribution in [3.8, 4) is 0 Å². The normalized spacial score (nSPS) is 10.6. The molecular weight excluding hydrogens is 178 g/mol. The Kier molecular flexibility index (Phi) is 2.31. The summed E-state index contributed by atoms with van der Waals surface area (Å²) in [6.45, 7) is 1.97. The van der Waals surface area contributed by atoms with Gasteiger partial charge in [-0.25, -0.2) is 0 Å². The highest BCUT2D eigenvalue weighted by Gasteiger charge is 2.13. The molecule has 0 bridgehead atoms. The number of hydrogen-bond acceptors (Lipinski definition) is 3. The molecule has 2 rings (SSSR count). The molecule has 0 fully saturated rings. The van der Waals surface area contributed by atoms with Gasteiger partial charge in [0.1, 0.15) is 0 Å². The smallest absolute Gasteiger partial charge is 0.185 e. The third kappa shape index (κ3) is 1.41. The van der Waals surface area contributed by atoms with Crippen LogP contribution in [0.2, 0.25) is 0 Å². The zero-order valence-corrected chi connectivity index (χ0v) is 7.99. The third-order valence-corrected chi connectivity index (χ3v) is 2.12. The zero-order chi connectivity index (χ0) is 9.97. The Labute approximate surface area is 81.7 Å². The van der Waals surface area contributed by atoms with Gasteiger partial charge in [-0.2, -0.15) is 0 Å². The summed E-state index contributed by atoms with van der Waals surface area (Å²) in [4.78, 5) is 11.6. The van der Waals surface area contributed by atoms with Crippen LogP contribution in [0.5, 0.6) is 0 Å². The van der Waals surface area contributed by atoms with Crippen LogP contribution in [0.25, 0.3) is 11.0 Å². The van der Waals surface area contributed by atoms with E-state index in [1.807, 2.05) is 31.2 Å². The maximum absolute atomic E-state index is 11.6. The van der Waals surface area contributed by atoms with Crippen molar-refractivity contribution >= 4 is 16.8 Å². The molecule has 0 aliphatic heterocycles. The van der Waals surface area contributed by atoms with Gasteiger partial charge in [-0.3, -0.25) is 4.79 Å². The molecule has 3 nitrogen and oxygen atoms in total. The Bertz CT molecular complexity index is 459. The van der Waals surface area contributed by atoms with E-state index in [9.17, 15) is 4.79 Å². The van der Waals surface area contributed by atoms with Crippen LogP contribution < -0.4 is 0 Å². The highest BCUT2D eigenvalue weighted by Crippen LogP contribution is 2.19. The monoisotopic (exact) mass is 189 g/mol. The lowest BCUT2D eigenvalue weighted by atomic mass is 10.1. The number of hydrogen-bond donors (Lipinski definition) is 0. The van der Waals surface area contributed by atoms with Crippen molar-refractivity contribution in [2.45, 2.75) is 19.8 Å². The van der Waals surface area contributed by atoms with Crippen LogP contribution in [0.3, 0.4) is 0 Å². The summed E-state index contributed by atoms with van der Waals surface area (Å²) in [5, 5.41) is 4.60. The highest BCUT2D eigenvalue weighted by molar-refractivity contribution is 6.05. The lowest BCUT2D eigenvalue weighted by Crippen LogP contribution is -1.98. The van der Waals surface area contributed by atoms with E-state index in [4.69, 9.17) is 4.52 Å². The van der Waals surface area contributed by atoms with Gasteiger partial charge in [0.05, 0.1) is 5.39 Å². The minimum atomic E-state index is 0.0532. The van der Waals surface area contributed by atoms with Crippen molar-refractivity contribution in [2.75, 3.05) is 0 Å². The van der Waals surface area contributed by atoms with Crippen molar-refractivity contribution in [3.63, 3.8) is 0 Å². The topological polar surface area (TPSA) is 43.1 Å². The zero-order valence-electron chi connectivity index (χ0n) is 7.99. The van der Waals surface area contributed by atoms with Crippen LogP contribution in [-0.4, -0.2) is 10.9 Å². The Hall–Kier alpha value is -1.64.